The van der Waals surface area contributed by atoms with Crippen LogP contribution in [0, 0.1) is 5.82 Å². The van der Waals surface area contributed by atoms with Crippen molar-refractivity contribution in [3.05, 3.63) is 56.7 Å². The van der Waals surface area contributed by atoms with Crippen LogP contribution in [0.2, 0.25) is 5.02 Å². The predicted octanol–water partition coefficient (Wildman–Crippen LogP) is 2.08. The number of aromatic nitrogens is 2. The molecule has 0 unspecified atom stereocenters. The second kappa shape index (κ2) is 4.10. The van der Waals surface area contributed by atoms with Gasteiger partial charge in [0.25, 0.3) is 5.56 Å². The Labute approximate surface area is 107 Å². The minimum Gasteiger partial charge on any atom is -0.360 e. The Morgan fingerprint density at radius 3 is 3.00 bits per heavy atom. The van der Waals surface area contributed by atoms with E-state index in [9.17, 15) is 9.18 Å². The molecule has 1 aliphatic heterocycles. The molecule has 4 nitrogen and oxygen atoms in total. The summed E-state index contributed by atoms with van der Waals surface area (Å²) in [4.78, 5) is 13.2. The number of hydrogen-bond donors (Lipinski definition) is 1. The van der Waals surface area contributed by atoms with Gasteiger partial charge in [0.2, 0.25) is 0 Å². The molecule has 0 bridgehead atoms. The second-order valence-electron chi connectivity index (χ2n) is 4.13. The lowest BCUT2D eigenvalue weighted by molar-refractivity contribution is 0.612. The van der Waals surface area contributed by atoms with E-state index < -0.39 is 5.56 Å². The van der Waals surface area contributed by atoms with Gasteiger partial charge in [-0.05, 0) is 11.6 Å². The van der Waals surface area contributed by atoms with E-state index in [1.807, 2.05) is 11.0 Å². The topological polar surface area (TPSA) is 49.0 Å². The highest BCUT2D eigenvalue weighted by Crippen LogP contribution is 2.31. The van der Waals surface area contributed by atoms with Crippen LogP contribution in [0.25, 0.3) is 0 Å². The van der Waals surface area contributed by atoms with Crippen molar-refractivity contribution in [3.8, 4) is 0 Å². The molecule has 2 aromatic rings. The predicted molar refractivity (Wildman–Crippen MR) is 66.2 cm³/mol. The molecule has 0 atom stereocenters. The summed E-state index contributed by atoms with van der Waals surface area (Å²) in [7, 11) is 0. The zero-order valence-electron chi connectivity index (χ0n) is 9.28. The lowest BCUT2D eigenvalue weighted by atomic mass is 10.1. The third kappa shape index (κ3) is 1.67. The van der Waals surface area contributed by atoms with Crippen molar-refractivity contribution in [2.75, 3.05) is 4.90 Å². The molecular weight excluding hydrogens is 257 g/mol. The summed E-state index contributed by atoms with van der Waals surface area (Å²) in [5, 5.41) is 6.06. The Kier molecular flexibility index (Phi) is 2.56. The van der Waals surface area contributed by atoms with Crippen molar-refractivity contribution in [1.82, 2.24) is 10.2 Å². The molecule has 0 amide bonds. The third-order valence-corrected chi connectivity index (χ3v) is 3.41. The number of fused-ring (bicyclic) bond motifs is 1. The largest absolute Gasteiger partial charge is 0.360 e. The second-order valence-corrected chi connectivity index (χ2v) is 4.51. The van der Waals surface area contributed by atoms with E-state index in [0.29, 0.717) is 24.3 Å². The van der Waals surface area contributed by atoms with Crippen molar-refractivity contribution < 1.29 is 4.39 Å². The summed E-state index contributed by atoms with van der Waals surface area (Å²) < 4.78 is 13.6. The minimum atomic E-state index is -0.439. The number of H-pyrrole nitrogens is 1. The zero-order valence-corrected chi connectivity index (χ0v) is 10.0. The molecule has 0 saturated carbocycles. The molecule has 6 heteroatoms. The molecule has 0 fully saturated rings. The van der Waals surface area contributed by atoms with E-state index >= 15 is 0 Å². The van der Waals surface area contributed by atoms with E-state index in [4.69, 9.17) is 11.6 Å². The maximum absolute atomic E-state index is 13.6. The number of nitrogens with zero attached hydrogens (tertiary/aromatic N) is 2. The Bertz CT molecular complexity index is 671. The van der Waals surface area contributed by atoms with E-state index in [-0.39, 0.29) is 10.8 Å². The van der Waals surface area contributed by atoms with Crippen LogP contribution in [-0.4, -0.2) is 10.2 Å². The van der Waals surface area contributed by atoms with Crippen molar-refractivity contribution >= 4 is 17.3 Å². The molecule has 2 heterocycles. The first kappa shape index (κ1) is 11.2. The van der Waals surface area contributed by atoms with Crippen LogP contribution >= 0.6 is 11.6 Å². The molecule has 1 aliphatic rings. The Hall–Kier alpha value is -1.88. The van der Waals surface area contributed by atoms with Crippen LogP contribution in [0.3, 0.4) is 0 Å². The number of anilines is 1. The summed E-state index contributed by atoms with van der Waals surface area (Å²) >= 11 is 5.94. The van der Waals surface area contributed by atoms with Gasteiger partial charge >= 0.3 is 0 Å². The maximum Gasteiger partial charge on any atom is 0.285 e. The summed E-state index contributed by atoms with van der Waals surface area (Å²) in [6, 6.07) is 4.97. The maximum atomic E-state index is 13.6. The lowest BCUT2D eigenvalue weighted by Gasteiger charge is -2.17. The van der Waals surface area contributed by atoms with E-state index in [1.165, 1.54) is 12.3 Å². The molecule has 1 aromatic heterocycles. The number of nitrogens with one attached hydrogen (secondary N) is 1. The van der Waals surface area contributed by atoms with E-state index in [2.05, 4.69) is 10.2 Å². The van der Waals surface area contributed by atoms with Crippen LogP contribution in [0.5, 0.6) is 0 Å². The van der Waals surface area contributed by atoms with Gasteiger partial charge in [-0.15, -0.1) is 0 Å². The van der Waals surface area contributed by atoms with Crippen molar-refractivity contribution in [2.24, 2.45) is 0 Å². The van der Waals surface area contributed by atoms with Crippen LogP contribution < -0.4 is 10.5 Å². The normalized spacial score (nSPS) is 13.8. The molecule has 92 valence electrons. The first-order chi connectivity index (χ1) is 8.66. The molecule has 0 saturated heterocycles. The number of halogens is 2. The molecule has 1 N–H and O–H groups in total. The summed E-state index contributed by atoms with van der Waals surface area (Å²) in [6.07, 6.45) is 1.48. The summed E-state index contributed by atoms with van der Waals surface area (Å²) in [5.41, 5.74) is 1.64. The highest BCUT2D eigenvalue weighted by atomic mass is 35.5. The van der Waals surface area contributed by atoms with Crippen LogP contribution in [0.15, 0.2) is 29.2 Å². The van der Waals surface area contributed by atoms with Gasteiger partial charge in [-0.3, -0.25) is 4.79 Å². The highest BCUT2D eigenvalue weighted by Gasteiger charge is 2.24. The fourth-order valence-corrected chi connectivity index (χ4v) is 2.36. The quantitative estimate of drug-likeness (QED) is 0.859. The van der Waals surface area contributed by atoms with Gasteiger partial charge in [-0.1, -0.05) is 23.7 Å². The third-order valence-electron chi connectivity index (χ3n) is 3.04. The number of benzene rings is 1. The van der Waals surface area contributed by atoms with Gasteiger partial charge in [0, 0.05) is 18.7 Å². The highest BCUT2D eigenvalue weighted by molar-refractivity contribution is 6.33. The van der Waals surface area contributed by atoms with Gasteiger partial charge in [0.05, 0.1) is 11.9 Å². The standard InChI is InChI=1S/C12H9ClFN3O/c13-11-10(4-15-16-12(11)18)17-5-7-2-1-3-9(14)8(7)6-17/h1-4H,5-6H2,(H,16,18). The Morgan fingerprint density at radius 2 is 2.22 bits per heavy atom. The summed E-state index contributed by atoms with van der Waals surface area (Å²) in [5.74, 6) is -0.232. The fraction of sp³-hybridized carbons (Fsp3) is 0.167. The van der Waals surface area contributed by atoms with Crippen molar-refractivity contribution in [1.29, 1.82) is 0 Å². The average Bonchev–Trinajstić information content (AvgIpc) is 2.78. The van der Waals surface area contributed by atoms with Gasteiger partial charge in [0.1, 0.15) is 10.8 Å². The van der Waals surface area contributed by atoms with Gasteiger partial charge in [-0.25, -0.2) is 9.49 Å². The van der Waals surface area contributed by atoms with Gasteiger partial charge < -0.3 is 4.90 Å². The van der Waals surface area contributed by atoms with Crippen LogP contribution in [0.4, 0.5) is 10.1 Å². The number of rotatable bonds is 1. The zero-order chi connectivity index (χ0) is 12.7. The molecule has 0 radical (unpaired) electrons. The van der Waals surface area contributed by atoms with Gasteiger partial charge in [0.15, 0.2) is 0 Å². The van der Waals surface area contributed by atoms with Crippen LogP contribution in [-0.2, 0) is 13.1 Å². The van der Waals surface area contributed by atoms with Gasteiger partial charge in [-0.2, -0.15) is 5.10 Å². The SMILES string of the molecule is O=c1[nH]ncc(N2Cc3cccc(F)c3C2)c1Cl. The van der Waals surface area contributed by atoms with E-state index in [1.54, 1.807) is 6.07 Å². The van der Waals surface area contributed by atoms with E-state index in [0.717, 1.165) is 5.56 Å². The van der Waals surface area contributed by atoms with Crippen LogP contribution in [0.1, 0.15) is 11.1 Å². The first-order valence-corrected chi connectivity index (χ1v) is 5.79. The molecule has 18 heavy (non-hydrogen) atoms. The number of aromatic amines is 1. The average molecular weight is 266 g/mol. The van der Waals surface area contributed by atoms with Crippen molar-refractivity contribution in [3.63, 3.8) is 0 Å². The molecule has 0 aliphatic carbocycles. The molecule has 3 rings (SSSR count). The lowest BCUT2D eigenvalue weighted by Crippen LogP contribution is -2.20. The molecular formula is C12H9ClFN3O. The summed E-state index contributed by atoms with van der Waals surface area (Å²) in [6.45, 7) is 0.921. The Morgan fingerprint density at radius 1 is 1.39 bits per heavy atom. The monoisotopic (exact) mass is 265 g/mol. The number of hydrogen-bond acceptors (Lipinski definition) is 3. The smallest absolute Gasteiger partial charge is 0.285 e. The molecule has 0 spiro atoms. The van der Waals surface area contributed by atoms with Crippen molar-refractivity contribution in [2.45, 2.75) is 13.1 Å². The first-order valence-electron chi connectivity index (χ1n) is 5.41. The molecule has 1 aromatic carbocycles. The fourth-order valence-electron chi connectivity index (χ4n) is 2.15. The Balaban J connectivity index is 2.02. The minimum absolute atomic E-state index is 0.0817.